The van der Waals surface area contributed by atoms with E-state index in [1.54, 1.807) is 0 Å². The van der Waals surface area contributed by atoms with Gasteiger partial charge in [-0.25, -0.2) is 0 Å². The van der Waals surface area contributed by atoms with E-state index in [1.165, 1.54) is 12.0 Å². The number of aliphatic hydroxyl groups is 1. The summed E-state index contributed by atoms with van der Waals surface area (Å²) < 4.78 is 5.63. The van der Waals surface area contributed by atoms with E-state index in [0.29, 0.717) is 19.3 Å². The number of likely N-dealkylation sites (tertiary alicyclic amines) is 1. The number of nitrogens with zero attached hydrogens (tertiary/aromatic N) is 2. The van der Waals surface area contributed by atoms with Crippen LogP contribution < -0.4 is 0 Å². The van der Waals surface area contributed by atoms with Crippen molar-refractivity contribution < 1.29 is 9.84 Å². The smallest absolute Gasteiger partial charge is 0.0761 e. The van der Waals surface area contributed by atoms with E-state index in [-0.39, 0.29) is 12.0 Å². The molecule has 0 bridgehead atoms. The molecule has 3 heterocycles. The zero-order valence-corrected chi connectivity index (χ0v) is 14.5. The molecule has 0 radical (unpaired) electrons. The number of hydrogen-bond donors (Lipinski definition) is 1. The Morgan fingerprint density at radius 3 is 3.08 bits per heavy atom. The van der Waals surface area contributed by atoms with Gasteiger partial charge in [0.2, 0.25) is 0 Å². The van der Waals surface area contributed by atoms with Gasteiger partial charge in [-0.1, -0.05) is 17.7 Å². The minimum Gasteiger partial charge on any atom is -0.393 e. The molecule has 0 amide bonds. The third kappa shape index (κ3) is 3.04. The third-order valence-electron chi connectivity index (χ3n) is 5.44. The van der Waals surface area contributed by atoms with Crippen molar-refractivity contribution in [2.75, 3.05) is 19.8 Å². The first kappa shape index (κ1) is 16.3. The minimum absolute atomic E-state index is 0.216. The molecule has 4 nitrogen and oxygen atoms in total. The van der Waals surface area contributed by atoms with Crippen LogP contribution in [-0.2, 0) is 11.3 Å². The van der Waals surface area contributed by atoms with E-state index in [4.69, 9.17) is 16.3 Å². The van der Waals surface area contributed by atoms with E-state index in [9.17, 15) is 5.11 Å². The predicted octanol–water partition coefficient (Wildman–Crippen LogP) is 3.25. The quantitative estimate of drug-likeness (QED) is 0.926. The Hall–Kier alpha value is -1.20. The fourth-order valence-electron chi connectivity index (χ4n) is 4.19. The number of aromatic nitrogens is 1. The lowest BCUT2D eigenvalue weighted by Crippen LogP contribution is -2.45. The van der Waals surface area contributed by atoms with Gasteiger partial charge in [-0.3, -0.25) is 9.88 Å². The average molecular weight is 347 g/mol. The molecule has 3 unspecified atom stereocenters. The molecular weight excluding hydrogens is 324 g/mol. The van der Waals surface area contributed by atoms with Gasteiger partial charge in [-0.15, -0.1) is 0 Å². The molecular formula is C19H23ClN2O2. The van der Waals surface area contributed by atoms with Crippen LogP contribution in [0.25, 0.3) is 10.9 Å². The first-order valence-electron chi connectivity index (χ1n) is 8.76. The van der Waals surface area contributed by atoms with Gasteiger partial charge in [0.05, 0.1) is 18.2 Å². The minimum atomic E-state index is -0.246. The van der Waals surface area contributed by atoms with E-state index >= 15 is 0 Å². The number of pyridine rings is 1. The predicted molar refractivity (Wildman–Crippen MR) is 95.1 cm³/mol. The topological polar surface area (TPSA) is 45.6 Å². The largest absolute Gasteiger partial charge is 0.393 e. The second kappa shape index (κ2) is 6.96. The molecule has 128 valence electrons. The summed E-state index contributed by atoms with van der Waals surface area (Å²) in [6.07, 6.45) is 4.63. The molecule has 2 aliphatic rings. The molecule has 1 aromatic carbocycles. The number of hydrogen-bond acceptors (Lipinski definition) is 4. The fourth-order valence-corrected chi connectivity index (χ4v) is 4.41. The Balaban J connectivity index is 1.59. The van der Waals surface area contributed by atoms with Gasteiger partial charge in [0.15, 0.2) is 0 Å². The molecule has 5 heteroatoms. The summed E-state index contributed by atoms with van der Waals surface area (Å²) in [4.78, 5) is 7.04. The van der Waals surface area contributed by atoms with Gasteiger partial charge in [-0.05, 0) is 49.6 Å². The van der Waals surface area contributed by atoms with Crippen LogP contribution in [0.15, 0.2) is 30.5 Å². The Kier molecular flexibility index (Phi) is 4.72. The van der Waals surface area contributed by atoms with Crippen LogP contribution >= 0.6 is 11.6 Å². The molecule has 2 aliphatic heterocycles. The van der Waals surface area contributed by atoms with Gasteiger partial charge >= 0.3 is 0 Å². The monoisotopic (exact) mass is 346 g/mol. The van der Waals surface area contributed by atoms with E-state index in [2.05, 4.69) is 16.0 Å². The van der Waals surface area contributed by atoms with Gasteiger partial charge in [-0.2, -0.15) is 0 Å². The Morgan fingerprint density at radius 2 is 2.21 bits per heavy atom. The van der Waals surface area contributed by atoms with Gasteiger partial charge in [0.25, 0.3) is 0 Å². The molecule has 0 aliphatic carbocycles. The highest BCUT2D eigenvalue weighted by molar-refractivity contribution is 6.35. The summed E-state index contributed by atoms with van der Waals surface area (Å²) in [5, 5.41) is 12.1. The summed E-state index contributed by atoms with van der Waals surface area (Å²) >= 11 is 6.31. The molecule has 2 aromatic rings. The maximum atomic E-state index is 10.4. The van der Waals surface area contributed by atoms with Gasteiger partial charge < -0.3 is 9.84 Å². The van der Waals surface area contributed by atoms with E-state index in [0.717, 1.165) is 41.9 Å². The van der Waals surface area contributed by atoms with Crippen molar-refractivity contribution >= 4 is 22.5 Å². The number of rotatable bonds is 3. The first-order valence-corrected chi connectivity index (χ1v) is 9.14. The highest BCUT2D eigenvalue weighted by atomic mass is 35.5. The summed E-state index contributed by atoms with van der Waals surface area (Å²) in [6.45, 7) is 3.25. The fraction of sp³-hybridized carbons (Fsp3) is 0.526. The van der Waals surface area contributed by atoms with Gasteiger partial charge in [0, 0.05) is 41.7 Å². The molecule has 0 saturated carbocycles. The van der Waals surface area contributed by atoms with Crippen LogP contribution in [0.3, 0.4) is 0 Å². The van der Waals surface area contributed by atoms with Crippen molar-refractivity contribution in [3.05, 3.63) is 41.0 Å². The lowest BCUT2D eigenvalue weighted by atomic mass is 9.89. The lowest BCUT2D eigenvalue weighted by Gasteiger charge is -2.37. The van der Waals surface area contributed by atoms with Crippen molar-refractivity contribution in [2.45, 2.75) is 38.0 Å². The van der Waals surface area contributed by atoms with Crippen LogP contribution in [0, 0.1) is 5.92 Å². The highest BCUT2D eigenvalue weighted by Gasteiger charge is 2.37. The average Bonchev–Trinajstić information content (AvgIpc) is 3.06. The molecule has 0 spiro atoms. The van der Waals surface area contributed by atoms with Crippen molar-refractivity contribution in [3.8, 4) is 0 Å². The van der Waals surface area contributed by atoms with Crippen LogP contribution in [0.2, 0.25) is 5.02 Å². The zero-order chi connectivity index (χ0) is 16.5. The summed E-state index contributed by atoms with van der Waals surface area (Å²) in [5.74, 6) is 0.216. The van der Waals surface area contributed by atoms with Crippen LogP contribution in [0.4, 0.5) is 0 Å². The number of benzene rings is 1. The molecule has 4 rings (SSSR count). The number of aliphatic hydroxyl groups excluding tert-OH is 1. The third-order valence-corrected chi connectivity index (χ3v) is 5.77. The molecule has 1 N–H and O–H groups in total. The number of ether oxygens (including phenoxy) is 1. The summed E-state index contributed by atoms with van der Waals surface area (Å²) in [6, 6.07) is 8.38. The number of fused-ring (bicyclic) bond motifs is 1. The zero-order valence-electron chi connectivity index (χ0n) is 13.7. The second-order valence-corrected chi connectivity index (χ2v) is 7.29. The summed E-state index contributed by atoms with van der Waals surface area (Å²) in [5.41, 5.74) is 2.18. The van der Waals surface area contributed by atoms with E-state index in [1.807, 2.05) is 24.4 Å². The lowest BCUT2D eigenvalue weighted by molar-refractivity contribution is -0.0635. The van der Waals surface area contributed by atoms with Crippen LogP contribution in [-0.4, -0.2) is 46.9 Å². The molecule has 3 atom stereocenters. The Labute approximate surface area is 147 Å². The Bertz CT molecular complexity index is 724. The van der Waals surface area contributed by atoms with Gasteiger partial charge in [0.1, 0.15) is 0 Å². The SMILES string of the molecule is OC1CCOCC1C1CCCN1Cc1ccc(Cl)c2cccnc12. The standard InChI is InChI=1S/C19H23ClN2O2/c20-16-6-5-13(19-14(16)3-1-8-21-19)11-22-9-2-4-17(22)15-12-24-10-7-18(15)23/h1,3,5-6,8,15,17-18,23H,2,4,7,9-12H2. The van der Waals surface area contributed by atoms with Crippen molar-refractivity contribution in [3.63, 3.8) is 0 Å². The maximum Gasteiger partial charge on any atom is 0.0761 e. The molecule has 1 aromatic heterocycles. The molecule has 24 heavy (non-hydrogen) atoms. The summed E-state index contributed by atoms with van der Waals surface area (Å²) in [7, 11) is 0. The normalized spacial score (nSPS) is 28.5. The first-order chi connectivity index (χ1) is 11.7. The van der Waals surface area contributed by atoms with Crippen molar-refractivity contribution in [1.29, 1.82) is 0 Å². The molecule has 2 saturated heterocycles. The Morgan fingerprint density at radius 1 is 1.29 bits per heavy atom. The molecule has 2 fully saturated rings. The van der Waals surface area contributed by atoms with Crippen LogP contribution in [0.1, 0.15) is 24.8 Å². The second-order valence-electron chi connectivity index (χ2n) is 6.88. The van der Waals surface area contributed by atoms with Crippen LogP contribution in [0.5, 0.6) is 0 Å². The van der Waals surface area contributed by atoms with Crippen molar-refractivity contribution in [2.24, 2.45) is 5.92 Å². The van der Waals surface area contributed by atoms with Crippen molar-refractivity contribution in [1.82, 2.24) is 9.88 Å². The highest BCUT2D eigenvalue weighted by Crippen LogP contribution is 2.32. The van der Waals surface area contributed by atoms with E-state index < -0.39 is 0 Å². The maximum absolute atomic E-state index is 10.4. The number of halogens is 1.